The fourth-order valence-electron chi connectivity index (χ4n) is 3.35. The first-order chi connectivity index (χ1) is 11.7. The summed E-state index contributed by atoms with van der Waals surface area (Å²) in [6, 6.07) is 17.2. The number of para-hydroxylation sites is 1. The number of rotatable bonds is 2. The summed E-state index contributed by atoms with van der Waals surface area (Å²) in [5.74, 6) is 0.0818. The van der Waals surface area contributed by atoms with Crippen LogP contribution in [0.5, 0.6) is 0 Å². The van der Waals surface area contributed by atoms with Crippen molar-refractivity contribution in [3.8, 4) is 0 Å². The molecule has 1 amide bonds. The van der Waals surface area contributed by atoms with Crippen LogP contribution in [0.3, 0.4) is 0 Å². The number of benzene rings is 2. The molecular formula is C20H18N2O2. The zero-order chi connectivity index (χ0) is 16.5. The number of pyridine rings is 1. The summed E-state index contributed by atoms with van der Waals surface area (Å²) in [7, 11) is 0. The standard InChI is InChI=1S/C20H18N2O2/c23-19-10-12-21(18-8-4-3-7-17(18)19)14-20(24)22-11-9-15-5-1-2-6-16(15)13-22/h1-8,10,12H,9,11,13-14H2. The van der Waals surface area contributed by atoms with Crippen LogP contribution in [0.1, 0.15) is 11.1 Å². The van der Waals surface area contributed by atoms with Crippen molar-refractivity contribution in [1.29, 1.82) is 0 Å². The third-order valence-corrected chi connectivity index (χ3v) is 4.67. The van der Waals surface area contributed by atoms with Gasteiger partial charge in [-0.05, 0) is 29.7 Å². The Morgan fingerprint density at radius 1 is 0.958 bits per heavy atom. The zero-order valence-electron chi connectivity index (χ0n) is 13.3. The molecule has 0 radical (unpaired) electrons. The lowest BCUT2D eigenvalue weighted by Gasteiger charge is -2.29. The van der Waals surface area contributed by atoms with E-state index < -0.39 is 0 Å². The lowest BCUT2D eigenvalue weighted by Crippen LogP contribution is -2.38. The highest BCUT2D eigenvalue weighted by Crippen LogP contribution is 2.19. The Bertz CT molecular complexity index is 975. The first kappa shape index (κ1) is 14.7. The topological polar surface area (TPSA) is 42.3 Å². The summed E-state index contributed by atoms with van der Waals surface area (Å²) in [6.07, 6.45) is 2.60. The van der Waals surface area contributed by atoms with Crippen molar-refractivity contribution in [1.82, 2.24) is 9.47 Å². The molecule has 3 aromatic rings. The highest BCUT2D eigenvalue weighted by Gasteiger charge is 2.20. The molecule has 0 spiro atoms. The van der Waals surface area contributed by atoms with E-state index in [-0.39, 0.29) is 17.9 Å². The van der Waals surface area contributed by atoms with Crippen LogP contribution in [0.2, 0.25) is 0 Å². The number of carbonyl (C=O) groups is 1. The van der Waals surface area contributed by atoms with E-state index in [1.807, 2.05) is 39.8 Å². The van der Waals surface area contributed by atoms with Crippen LogP contribution in [0, 0.1) is 0 Å². The van der Waals surface area contributed by atoms with Crippen LogP contribution in [0.15, 0.2) is 65.6 Å². The monoisotopic (exact) mass is 318 g/mol. The van der Waals surface area contributed by atoms with E-state index in [1.54, 1.807) is 12.3 Å². The van der Waals surface area contributed by atoms with Crippen molar-refractivity contribution < 1.29 is 4.79 Å². The van der Waals surface area contributed by atoms with E-state index in [0.29, 0.717) is 11.9 Å². The molecule has 0 unspecified atom stereocenters. The second-order valence-corrected chi connectivity index (χ2v) is 6.16. The lowest BCUT2D eigenvalue weighted by atomic mass is 10.00. The average Bonchev–Trinajstić information content (AvgIpc) is 2.64. The molecule has 0 fully saturated rings. The van der Waals surface area contributed by atoms with Gasteiger partial charge in [-0.2, -0.15) is 0 Å². The molecule has 2 aromatic carbocycles. The van der Waals surface area contributed by atoms with Gasteiger partial charge in [0.1, 0.15) is 6.54 Å². The van der Waals surface area contributed by atoms with Gasteiger partial charge in [-0.15, -0.1) is 0 Å². The Kier molecular flexibility index (Phi) is 3.65. The molecule has 0 saturated heterocycles. The third kappa shape index (κ3) is 2.60. The van der Waals surface area contributed by atoms with E-state index in [2.05, 4.69) is 12.1 Å². The molecule has 0 atom stereocenters. The smallest absolute Gasteiger partial charge is 0.242 e. The number of aromatic nitrogens is 1. The van der Waals surface area contributed by atoms with Crippen molar-refractivity contribution >= 4 is 16.8 Å². The summed E-state index contributed by atoms with van der Waals surface area (Å²) in [4.78, 5) is 26.6. The molecular weight excluding hydrogens is 300 g/mol. The first-order valence-electron chi connectivity index (χ1n) is 8.15. The number of carbonyl (C=O) groups excluding carboxylic acids is 1. The van der Waals surface area contributed by atoms with Crippen molar-refractivity contribution in [2.45, 2.75) is 19.5 Å². The third-order valence-electron chi connectivity index (χ3n) is 4.67. The normalized spacial score (nSPS) is 13.8. The maximum absolute atomic E-state index is 12.7. The van der Waals surface area contributed by atoms with Gasteiger partial charge < -0.3 is 9.47 Å². The minimum absolute atomic E-state index is 0.0128. The molecule has 1 aromatic heterocycles. The van der Waals surface area contributed by atoms with Crippen LogP contribution in [0.4, 0.5) is 0 Å². The highest BCUT2D eigenvalue weighted by molar-refractivity contribution is 5.82. The summed E-state index contributed by atoms with van der Waals surface area (Å²) >= 11 is 0. The molecule has 1 aliphatic heterocycles. The number of amides is 1. The fourth-order valence-corrected chi connectivity index (χ4v) is 3.35. The minimum Gasteiger partial charge on any atom is -0.338 e. The van der Waals surface area contributed by atoms with Crippen molar-refractivity contribution in [2.75, 3.05) is 6.54 Å². The largest absolute Gasteiger partial charge is 0.338 e. The average molecular weight is 318 g/mol. The van der Waals surface area contributed by atoms with Gasteiger partial charge in [-0.25, -0.2) is 0 Å². The van der Waals surface area contributed by atoms with E-state index >= 15 is 0 Å². The summed E-state index contributed by atoms with van der Waals surface area (Å²) in [5.41, 5.74) is 3.34. The molecule has 4 heteroatoms. The summed E-state index contributed by atoms with van der Waals surface area (Å²) in [6.45, 7) is 1.66. The zero-order valence-corrected chi connectivity index (χ0v) is 13.3. The van der Waals surface area contributed by atoms with Gasteiger partial charge in [0.2, 0.25) is 5.91 Å². The number of fused-ring (bicyclic) bond motifs is 2. The molecule has 0 N–H and O–H groups in total. The minimum atomic E-state index is -0.0128. The SMILES string of the molecule is O=C(Cn1ccc(=O)c2ccccc21)N1CCc2ccccc2C1. The number of hydrogen-bond acceptors (Lipinski definition) is 2. The van der Waals surface area contributed by atoms with Crippen molar-refractivity contribution in [3.05, 3.63) is 82.1 Å². The Morgan fingerprint density at radius 2 is 1.71 bits per heavy atom. The number of hydrogen-bond donors (Lipinski definition) is 0. The predicted molar refractivity (Wildman–Crippen MR) is 93.8 cm³/mol. The van der Waals surface area contributed by atoms with E-state index in [9.17, 15) is 9.59 Å². The molecule has 120 valence electrons. The second-order valence-electron chi connectivity index (χ2n) is 6.16. The molecule has 1 aliphatic rings. The van der Waals surface area contributed by atoms with Crippen molar-refractivity contribution in [3.63, 3.8) is 0 Å². The van der Waals surface area contributed by atoms with Gasteiger partial charge in [-0.3, -0.25) is 9.59 Å². The van der Waals surface area contributed by atoms with Crippen LogP contribution < -0.4 is 5.43 Å². The molecule has 0 saturated carbocycles. The molecule has 2 heterocycles. The Balaban J connectivity index is 1.60. The maximum Gasteiger partial charge on any atom is 0.242 e. The van der Waals surface area contributed by atoms with Gasteiger partial charge >= 0.3 is 0 Å². The lowest BCUT2D eigenvalue weighted by molar-refractivity contribution is -0.132. The van der Waals surface area contributed by atoms with Crippen molar-refractivity contribution in [2.24, 2.45) is 0 Å². The Hall–Kier alpha value is -2.88. The van der Waals surface area contributed by atoms with Crippen LogP contribution in [-0.4, -0.2) is 21.9 Å². The van der Waals surface area contributed by atoms with Gasteiger partial charge in [0.25, 0.3) is 0 Å². The van der Waals surface area contributed by atoms with Crippen LogP contribution in [0.25, 0.3) is 10.9 Å². The van der Waals surface area contributed by atoms with Gasteiger partial charge in [-0.1, -0.05) is 36.4 Å². The molecule has 0 bridgehead atoms. The molecule has 4 nitrogen and oxygen atoms in total. The van der Waals surface area contributed by atoms with Gasteiger partial charge in [0, 0.05) is 30.7 Å². The molecule has 24 heavy (non-hydrogen) atoms. The van der Waals surface area contributed by atoms with E-state index in [4.69, 9.17) is 0 Å². The highest BCUT2D eigenvalue weighted by atomic mass is 16.2. The van der Waals surface area contributed by atoms with Crippen LogP contribution >= 0.6 is 0 Å². The Morgan fingerprint density at radius 3 is 2.58 bits per heavy atom. The van der Waals surface area contributed by atoms with Crippen LogP contribution in [-0.2, 0) is 24.3 Å². The predicted octanol–water partition coefficient (Wildman–Crippen LogP) is 2.59. The summed E-state index contributed by atoms with van der Waals surface area (Å²) in [5, 5.41) is 0.650. The number of nitrogens with zero attached hydrogens (tertiary/aromatic N) is 2. The summed E-state index contributed by atoms with van der Waals surface area (Å²) < 4.78 is 1.86. The second kappa shape index (κ2) is 5.96. The fraction of sp³-hybridized carbons (Fsp3) is 0.200. The quantitative estimate of drug-likeness (QED) is 0.729. The first-order valence-corrected chi connectivity index (χ1v) is 8.15. The molecule has 0 aliphatic carbocycles. The maximum atomic E-state index is 12.7. The van der Waals surface area contributed by atoms with Gasteiger partial charge in [0.05, 0.1) is 5.52 Å². The Labute approximate surface area is 140 Å². The van der Waals surface area contributed by atoms with E-state index in [1.165, 1.54) is 17.2 Å². The molecule has 4 rings (SSSR count). The van der Waals surface area contributed by atoms with Gasteiger partial charge in [0.15, 0.2) is 5.43 Å². The van der Waals surface area contributed by atoms with E-state index in [0.717, 1.165) is 18.5 Å².